The van der Waals surface area contributed by atoms with E-state index in [0.717, 1.165) is 0 Å². The SMILES string of the molecule is COc1cccc(NC(=O)[C@H]2[C@H]3C=C[C@]4(CN(c5cc(C)on5)C(=O)[C@@H]24)O3)c1. The number of anilines is 2. The van der Waals surface area contributed by atoms with Gasteiger partial charge in [-0.1, -0.05) is 23.4 Å². The van der Waals surface area contributed by atoms with E-state index in [-0.39, 0.29) is 11.8 Å². The molecule has 2 amide bonds. The van der Waals surface area contributed by atoms with Crippen LogP contribution in [0.3, 0.4) is 0 Å². The fourth-order valence-corrected chi connectivity index (χ4v) is 4.40. The molecule has 2 bridgehead atoms. The lowest BCUT2D eigenvalue weighted by Crippen LogP contribution is -2.41. The van der Waals surface area contributed by atoms with Crippen molar-refractivity contribution in [1.82, 2.24) is 5.16 Å². The van der Waals surface area contributed by atoms with Gasteiger partial charge >= 0.3 is 0 Å². The molecular weight excluding hydrogens is 362 g/mol. The van der Waals surface area contributed by atoms with Gasteiger partial charge in [0.1, 0.15) is 17.1 Å². The van der Waals surface area contributed by atoms with E-state index in [0.29, 0.717) is 29.6 Å². The van der Waals surface area contributed by atoms with Crippen LogP contribution < -0.4 is 15.0 Å². The number of hydrogen-bond acceptors (Lipinski definition) is 6. The fourth-order valence-electron chi connectivity index (χ4n) is 4.40. The fraction of sp³-hybridized carbons (Fsp3) is 0.350. The summed E-state index contributed by atoms with van der Waals surface area (Å²) in [5.74, 6) is 0.0748. The van der Waals surface area contributed by atoms with Crippen molar-refractivity contribution in [1.29, 1.82) is 0 Å². The Morgan fingerprint density at radius 2 is 2.25 bits per heavy atom. The molecule has 2 fully saturated rings. The number of carbonyl (C=O) groups excluding carboxylic acids is 2. The maximum atomic E-state index is 13.2. The molecule has 144 valence electrons. The van der Waals surface area contributed by atoms with Crippen molar-refractivity contribution in [3.63, 3.8) is 0 Å². The third kappa shape index (κ3) is 2.37. The average Bonchev–Trinajstić information content (AvgIpc) is 3.43. The number of amides is 2. The van der Waals surface area contributed by atoms with Crippen LogP contribution in [-0.4, -0.2) is 42.3 Å². The van der Waals surface area contributed by atoms with E-state index in [1.165, 1.54) is 0 Å². The van der Waals surface area contributed by atoms with Gasteiger partial charge in [0.15, 0.2) is 5.82 Å². The van der Waals surface area contributed by atoms with Gasteiger partial charge in [0, 0.05) is 17.8 Å². The summed E-state index contributed by atoms with van der Waals surface area (Å²) in [5.41, 5.74) is -0.190. The van der Waals surface area contributed by atoms with E-state index in [2.05, 4.69) is 10.5 Å². The molecule has 1 aromatic heterocycles. The number of fused-ring (bicyclic) bond motifs is 1. The summed E-state index contributed by atoms with van der Waals surface area (Å²) in [6.45, 7) is 2.08. The predicted octanol–water partition coefficient (Wildman–Crippen LogP) is 1.92. The Kier molecular flexibility index (Phi) is 3.60. The summed E-state index contributed by atoms with van der Waals surface area (Å²) >= 11 is 0. The lowest BCUT2D eigenvalue weighted by molar-refractivity contribution is -0.128. The number of nitrogens with zero attached hydrogens (tertiary/aromatic N) is 2. The topological polar surface area (TPSA) is 93.9 Å². The Hall–Kier alpha value is -3.13. The maximum absolute atomic E-state index is 13.2. The van der Waals surface area contributed by atoms with Gasteiger partial charge < -0.3 is 19.3 Å². The second kappa shape index (κ2) is 5.93. The highest BCUT2D eigenvalue weighted by Gasteiger charge is 2.67. The molecule has 0 aliphatic carbocycles. The van der Waals surface area contributed by atoms with Crippen LogP contribution in [-0.2, 0) is 14.3 Å². The van der Waals surface area contributed by atoms with Crippen molar-refractivity contribution in [2.45, 2.75) is 18.6 Å². The number of aromatic nitrogens is 1. The normalized spacial score (nSPS) is 30.0. The van der Waals surface area contributed by atoms with Crippen LogP contribution in [0, 0.1) is 18.8 Å². The van der Waals surface area contributed by atoms with Gasteiger partial charge in [0.05, 0.1) is 31.6 Å². The number of methoxy groups -OCH3 is 1. The zero-order chi connectivity index (χ0) is 19.5. The quantitative estimate of drug-likeness (QED) is 0.814. The molecule has 1 spiro atoms. The number of rotatable bonds is 4. The molecule has 0 saturated carbocycles. The van der Waals surface area contributed by atoms with E-state index in [1.54, 1.807) is 49.3 Å². The number of carbonyl (C=O) groups is 2. The molecule has 3 aliphatic rings. The molecule has 1 N–H and O–H groups in total. The van der Waals surface area contributed by atoms with Crippen LogP contribution in [0.15, 0.2) is 47.0 Å². The van der Waals surface area contributed by atoms with Gasteiger partial charge in [0.2, 0.25) is 11.8 Å². The highest BCUT2D eigenvalue weighted by atomic mass is 16.5. The van der Waals surface area contributed by atoms with Gasteiger partial charge in [0.25, 0.3) is 0 Å². The molecule has 8 nitrogen and oxygen atoms in total. The van der Waals surface area contributed by atoms with Crippen molar-refractivity contribution in [3.05, 3.63) is 48.2 Å². The van der Waals surface area contributed by atoms with Gasteiger partial charge in [-0.2, -0.15) is 0 Å². The van der Waals surface area contributed by atoms with E-state index in [4.69, 9.17) is 14.0 Å². The summed E-state index contributed by atoms with van der Waals surface area (Å²) in [6, 6.07) is 8.81. The minimum absolute atomic E-state index is 0.175. The molecule has 4 atom stereocenters. The summed E-state index contributed by atoms with van der Waals surface area (Å²) in [7, 11) is 1.57. The van der Waals surface area contributed by atoms with Crippen LogP contribution in [0.25, 0.3) is 0 Å². The van der Waals surface area contributed by atoms with Crippen molar-refractivity contribution < 1.29 is 23.6 Å². The Labute approximate surface area is 161 Å². The highest BCUT2D eigenvalue weighted by molar-refractivity contribution is 6.05. The monoisotopic (exact) mass is 381 g/mol. The zero-order valence-corrected chi connectivity index (χ0v) is 15.4. The summed E-state index contributed by atoms with van der Waals surface area (Å²) < 4.78 is 16.4. The van der Waals surface area contributed by atoms with Crippen LogP contribution in [0.1, 0.15) is 5.76 Å². The summed E-state index contributed by atoms with van der Waals surface area (Å²) in [6.07, 6.45) is 3.36. The number of nitrogens with one attached hydrogen (secondary N) is 1. The predicted molar refractivity (Wildman–Crippen MR) is 98.9 cm³/mol. The van der Waals surface area contributed by atoms with Gasteiger partial charge in [-0.15, -0.1) is 0 Å². The van der Waals surface area contributed by atoms with Gasteiger partial charge in [-0.05, 0) is 19.1 Å². The molecule has 4 heterocycles. The highest BCUT2D eigenvalue weighted by Crippen LogP contribution is 2.52. The molecular formula is C20H19N3O5. The summed E-state index contributed by atoms with van der Waals surface area (Å²) in [4.78, 5) is 27.8. The number of aryl methyl sites for hydroxylation is 1. The Bertz CT molecular complexity index is 999. The van der Waals surface area contributed by atoms with Crippen molar-refractivity contribution >= 4 is 23.3 Å². The lowest BCUT2D eigenvalue weighted by Gasteiger charge is -2.23. The van der Waals surface area contributed by atoms with Crippen LogP contribution in [0.2, 0.25) is 0 Å². The van der Waals surface area contributed by atoms with E-state index in [1.807, 2.05) is 12.2 Å². The molecule has 2 saturated heterocycles. The molecule has 28 heavy (non-hydrogen) atoms. The molecule has 5 rings (SSSR count). The second-order valence-corrected chi connectivity index (χ2v) is 7.34. The third-order valence-electron chi connectivity index (χ3n) is 5.63. The van der Waals surface area contributed by atoms with E-state index >= 15 is 0 Å². The first-order valence-corrected chi connectivity index (χ1v) is 9.07. The Morgan fingerprint density at radius 3 is 3.00 bits per heavy atom. The molecule has 2 aromatic rings. The molecule has 3 aliphatic heterocycles. The third-order valence-corrected chi connectivity index (χ3v) is 5.63. The van der Waals surface area contributed by atoms with Gasteiger partial charge in [-0.25, -0.2) is 0 Å². The van der Waals surface area contributed by atoms with Gasteiger partial charge in [-0.3, -0.25) is 14.5 Å². The molecule has 1 aromatic carbocycles. The van der Waals surface area contributed by atoms with Crippen LogP contribution >= 0.6 is 0 Å². The minimum Gasteiger partial charge on any atom is -0.497 e. The lowest BCUT2D eigenvalue weighted by atomic mass is 9.77. The molecule has 0 unspecified atom stereocenters. The number of benzene rings is 1. The first-order chi connectivity index (χ1) is 13.5. The standard InChI is InChI=1S/C20H19N3O5/c1-11-8-15(22-28-11)23-10-20-7-6-14(27-20)16(17(20)19(23)25)18(24)21-12-4-3-5-13(9-12)26-2/h3-9,14,16-17H,10H2,1-2H3,(H,21,24)/t14-,16+,17-,20-/m1/s1. The Morgan fingerprint density at radius 1 is 1.39 bits per heavy atom. The zero-order valence-electron chi connectivity index (χ0n) is 15.4. The van der Waals surface area contributed by atoms with Crippen molar-refractivity contribution in [2.24, 2.45) is 11.8 Å². The number of ether oxygens (including phenoxy) is 2. The summed E-state index contributed by atoms with van der Waals surface area (Å²) in [5, 5.41) is 6.84. The smallest absolute Gasteiger partial charge is 0.235 e. The van der Waals surface area contributed by atoms with E-state index < -0.39 is 23.5 Å². The van der Waals surface area contributed by atoms with Crippen LogP contribution in [0.5, 0.6) is 5.75 Å². The number of hydrogen-bond donors (Lipinski definition) is 1. The molecule has 0 radical (unpaired) electrons. The largest absolute Gasteiger partial charge is 0.497 e. The molecule has 8 heteroatoms. The average molecular weight is 381 g/mol. The van der Waals surface area contributed by atoms with Crippen LogP contribution in [0.4, 0.5) is 11.5 Å². The minimum atomic E-state index is -0.801. The van der Waals surface area contributed by atoms with Crippen molar-refractivity contribution in [3.8, 4) is 5.75 Å². The van der Waals surface area contributed by atoms with E-state index in [9.17, 15) is 9.59 Å². The maximum Gasteiger partial charge on any atom is 0.235 e. The van der Waals surface area contributed by atoms with Crippen molar-refractivity contribution in [2.75, 3.05) is 23.9 Å². The first kappa shape index (κ1) is 17.0. The first-order valence-electron chi connectivity index (χ1n) is 9.07. The Balaban J connectivity index is 1.42. The second-order valence-electron chi connectivity index (χ2n) is 7.34.